The third-order valence-corrected chi connectivity index (χ3v) is 4.71. The van der Waals surface area contributed by atoms with Crippen molar-refractivity contribution in [1.29, 1.82) is 0 Å². The largest absolute Gasteiger partial charge is 0.348 e. The number of amides is 1. The Morgan fingerprint density at radius 1 is 1.43 bits per heavy atom. The fraction of sp³-hybridized carbons (Fsp3) is 0.733. The predicted octanol–water partition coefficient (Wildman–Crippen LogP) is 0.337. The molecule has 0 spiro atoms. The highest BCUT2D eigenvalue weighted by atomic mass is 16.2. The summed E-state index contributed by atoms with van der Waals surface area (Å²) in [6.45, 7) is 2.34. The van der Waals surface area contributed by atoms with Crippen LogP contribution in [0, 0.1) is 0 Å². The van der Waals surface area contributed by atoms with Gasteiger partial charge in [0.2, 0.25) is 5.91 Å². The molecule has 0 radical (unpaired) electrons. The Balaban J connectivity index is 1.56. The van der Waals surface area contributed by atoms with Crippen molar-refractivity contribution in [3.05, 3.63) is 17.5 Å². The Hall–Kier alpha value is -1.40. The van der Waals surface area contributed by atoms with Crippen LogP contribution in [0.4, 0.5) is 0 Å². The summed E-state index contributed by atoms with van der Waals surface area (Å²) in [4.78, 5) is 14.5. The fourth-order valence-electron chi connectivity index (χ4n) is 3.41. The minimum absolute atomic E-state index is 0.118. The molecule has 0 saturated carbocycles. The second kappa shape index (κ2) is 6.15. The van der Waals surface area contributed by atoms with Crippen LogP contribution in [0.1, 0.15) is 43.0 Å². The second-order valence-corrected chi connectivity index (χ2v) is 6.30. The van der Waals surface area contributed by atoms with Gasteiger partial charge in [-0.15, -0.1) is 0 Å². The van der Waals surface area contributed by atoms with Gasteiger partial charge in [-0.1, -0.05) is 0 Å². The molecule has 1 saturated heterocycles. The molecule has 6 nitrogen and oxygen atoms in total. The van der Waals surface area contributed by atoms with Crippen molar-refractivity contribution >= 4 is 5.91 Å². The maximum absolute atomic E-state index is 12.3. The van der Waals surface area contributed by atoms with E-state index in [0.29, 0.717) is 12.6 Å². The van der Waals surface area contributed by atoms with Gasteiger partial charge in [0.1, 0.15) is 0 Å². The van der Waals surface area contributed by atoms with Gasteiger partial charge in [0.25, 0.3) is 0 Å². The molecule has 1 atom stereocenters. The van der Waals surface area contributed by atoms with E-state index >= 15 is 0 Å². The Morgan fingerprint density at radius 3 is 2.95 bits per heavy atom. The lowest BCUT2D eigenvalue weighted by atomic mass is 9.93. The van der Waals surface area contributed by atoms with Gasteiger partial charge in [0.05, 0.1) is 18.8 Å². The molecule has 1 aromatic heterocycles. The number of carbonyl (C=O) groups is 1. The molecule has 21 heavy (non-hydrogen) atoms. The number of fused-ring (bicyclic) bond motifs is 1. The molecule has 3 N–H and O–H groups in total. The number of rotatable bonds is 3. The summed E-state index contributed by atoms with van der Waals surface area (Å²) in [5.41, 5.74) is 8.35. The second-order valence-electron chi connectivity index (χ2n) is 6.30. The van der Waals surface area contributed by atoms with E-state index in [2.05, 4.69) is 15.3 Å². The van der Waals surface area contributed by atoms with E-state index in [1.807, 2.05) is 17.9 Å². The number of hydrogen-bond acceptors (Lipinski definition) is 4. The van der Waals surface area contributed by atoms with Crippen LogP contribution in [-0.2, 0) is 18.3 Å². The van der Waals surface area contributed by atoms with Crippen molar-refractivity contribution in [2.75, 3.05) is 19.6 Å². The smallest absolute Gasteiger partial charge is 0.234 e. The summed E-state index contributed by atoms with van der Waals surface area (Å²) < 4.78 is 1.93. The van der Waals surface area contributed by atoms with Gasteiger partial charge in [-0.3, -0.25) is 14.4 Å². The van der Waals surface area contributed by atoms with Crippen LogP contribution in [0.2, 0.25) is 0 Å². The third kappa shape index (κ3) is 3.27. The molecule has 1 aliphatic heterocycles. The number of piperidine rings is 1. The van der Waals surface area contributed by atoms with E-state index in [9.17, 15) is 4.79 Å². The number of nitrogens with zero attached hydrogens (tertiary/aromatic N) is 3. The maximum Gasteiger partial charge on any atom is 0.234 e. The van der Waals surface area contributed by atoms with E-state index in [4.69, 9.17) is 5.73 Å². The molecule has 2 aliphatic rings. The molecule has 1 aliphatic carbocycles. The zero-order valence-corrected chi connectivity index (χ0v) is 12.7. The highest BCUT2D eigenvalue weighted by Crippen LogP contribution is 2.29. The molecule has 1 fully saturated rings. The van der Waals surface area contributed by atoms with Crippen LogP contribution >= 0.6 is 0 Å². The van der Waals surface area contributed by atoms with E-state index in [0.717, 1.165) is 45.2 Å². The van der Waals surface area contributed by atoms with Crippen molar-refractivity contribution < 1.29 is 4.79 Å². The van der Waals surface area contributed by atoms with Gasteiger partial charge < -0.3 is 11.1 Å². The summed E-state index contributed by atoms with van der Waals surface area (Å²) in [7, 11) is 1.97. The number of likely N-dealkylation sites (tertiary alicyclic amines) is 1. The maximum atomic E-state index is 12.3. The number of aromatic nitrogens is 2. The SMILES string of the molecule is Cn1ncc2c1CCCC2NC(=O)CN1CCC(N)CC1. The molecule has 1 aromatic rings. The lowest BCUT2D eigenvalue weighted by Gasteiger charge is -2.30. The lowest BCUT2D eigenvalue weighted by molar-refractivity contribution is -0.123. The molecule has 0 bridgehead atoms. The number of nitrogens with two attached hydrogens (primary N) is 1. The van der Waals surface area contributed by atoms with Gasteiger partial charge >= 0.3 is 0 Å². The number of aryl methyl sites for hydroxylation is 1. The van der Waals surface area contributed by atoms with Crippen LogP contribution in [0.5, 0.6) is 0 Å². The van der Waals surface area contributed by atoms with E-state index in [-0.39, 0.29) is 11.9 Å². The normalized spacial score (nSPS) is 23.8. The van der Waals surface area contributed by atoms with Gasteiger partial charge in [-0.2, -0.15) is 5.10 Å². The first-order valence-corrected chi connectivity index (χ1v) is 7.91. The highest BCUT2D eigenvalue weighted by molar-refractivity contribution is 5.78. The van der Waals surface area contributed by atoms with E-state index in [1.54, 1.807) is 0 Å². The summed E-state index contributed by atoms with van der Waals surface area (Å²) >= 11 is 0. The summed E-state index contributed by atoms with van der Waals surface area (Å²) in [5, 5.41) is 7.50. The quantitative estimate of drug-likeness (QED) is 0.842. The first-order valence-electron chi connectivity index (χ1n) is 7.91. The molecular formula is C15H25N5O. The minimum Gasteiger partial charge on any atom is -0.348 e. The van der Waals surface area contributed by atoms with Crippen LogP contribution < -0.4 is 11.1 Å². The Labute approximate surface area is 125 Å². The summed E-state index contributed by atoms with van der Waals surface area (Å²) in [6, 6.07) is 0.433. The average molecular weight is 291 g/mol. The molecule has 6 heteroatoms. The zero-order valence-electron chi connectivity index (χ0n) is 12.7. The molecular weight excluding hydrogens is 266 g/mol. The molecule has 1 unspecified atom stereocenters. The average Bonchev–Trinajstić information content (AvgIpc) is 2.84. The summed E-state index contributed by atoms with van der Waals surface area (Å²) in [6.07, 6.45) is 7.06. The Bertz CT molecular complexity index is 504. The zero-order chi connectivity index (χ0) is 14.8. The number of nitrogens with one attached hydrogen (secondary N) is 1. The van der Waals surface area contributed by atoms with Crippen LogP contribution in [0.25, 0.3) is 0 Å². The van der Waals surface area contributed by atoms with Crippen molar-refractivity contribution in [3.8, 4) is 0 Å². The number of carbonyl (C=O) groups excluding carboxylic acids is 1. The van der Waals surface area contributed by atoms with Crippen LogP contribution in [0.15, 0.2) is 6.20 Å². The summed E-state index contributed by atoms with van der Waals surface area (Å²) in [5.74, 6) is 0.118. The van der Waals surface area contributed by atoms with Crippen molar-refractivity contribution in [1.82, 2.24) is 20.0 Å². The van der Waals surface area contributed by atoms with Gasteiger partial charge in [0, 0.05) is 37.4 Å². The van der Waals surface area contributed by atoms with Crippen LogP contribution in [-0.4, -0.2) is 46.3 Å². The van der Waals surface area contributed by atoms with Gasteiger partial charge in [-0.05, 0) is 32.1 Å². The number of hydrogen-bond donors (Lipinski definition) is 2. The topological polar surface area (TPSA) is 76.2 Å². The lowest BCUT2D eigenvalue weighted by Crippen LogP contribution is -2.45. The standard InChI is InChI=1S/C15H25N5O/c1-19-14-4-2-3-13(12(14)9-17-19)18-15(21)10-20-7-5-11(16)6-8-20/h9,11,13H,2-8,10,16H2,1H3,(H,18,21). The molecule has 2 heterocycles. The van der Waals surface area contributed by atoms with Crippen molar-refractivity contribution in [2.24, 2.45) is 12.8 Å². The van der Waals surface area contributed by atoms with Crippen molar-refractivity contribution in [2.45, 2.75) is 44.2 Å². The van der Waals surface area contributed by atoms with E-state index < -0.39 is 0 Å². The fourth-order valence-corrected chi connectivity index (χ4v) is 3.41. The molecule has 3 rings (SSSR count). The first kappa shape index (κ1) is 14.5. The monoisotopic (exact) mass is 291 g/mol. The molecule has 1 amide bonds. The van der Waals surface area contributed by atoms with E-state index in [1.165, 1.54) is 11.3 Å². The van der Waals surface area contributed by atoms with Crippen LogP contribution in [0.3, 0.4) is 0 Å². The predicted molar refractivity (Wildman–Crippen MR) is 80.7 cm³/mol. The first-order chi connectivity index (χ1) is 10.1. The Kier molecular flexibility index (Phi) is 4.26. The highest BCUT2D eigenvalue weighted by Gasteiger charge is 2.25. The van der Waals surface area contributed by atoms with Gasteiger partial charge in [-0.25, -0.2) is 0 Å². The minimum atomic E-state index is 0.118. The van der Waals surface area contributed by atoms with Crippen molar-refractivity contribution in [3.63, 3.8) is 0 Å². The van der Waals surface area contributed by atoms with Gasteiger partial charge in [0.15, 0.2) is 0 Å². The molecule has 116 valence electrons. The Morgan fingerprint density at radius 2 is 2.19 bits per heavy atom. The third-order valence-electron chi connectivity index (χ3n) is 4.71. The molecule has 0 aromatic carbocycles.